The van der Waals surface area contributed by atoms with Crippen molar-refractivity contribution < 1.29 is 68.1 Å². The number of hydrogen-bond acceptors (Lipinski definition) is 14. The fourth-order valence-electron chi connectivity index (χ4n) is 9.64. The van der Waals surface area contributed by atoms with Gasteiger partial charge in [0.15, 0.2) is 17.5 Å². The molecule has 3 fully saturated rings. The molecule has 0 radical (unpaired) electrons. The predicted molar refractivity (Wildman–Crippen MR) is 203 cm³/mol. The lowest BCUT2D eigenvalue weighted by atomic mass is 9.43. The molecule has 15 heteroatoms. The van der Waals surface area contributed by atoms with Crippen LogP contribution in [0.25, 0.3) is 0 Å². The number of benzene rings is 2. The second-order valence-corrected chi connectivity index (χ2v) is 17.7. The van der Waals surface area contributed by atoms with Crippen molar-refractivity contribution in [3.63, 3.8) is 0 Å². The lowest BCUT2D eigenvalue weighted by Crippen LogP contribution is -2.82. The van der Waals surface area contributed by atoms with Crippen molar-refractivity contribution >= 4 is 29.8 Å². The number of fused-ring (bicyclic) bond motifs is 5. The van der Waals surface area contributed by atoms with Gasteiger partial charge in [-0.2, -0.15) is 0 Å². The fourth-order valence-corrected chi connectivity index (χ4v) is 9.64. The smallest absolute Gasteiger partial charge is 0.408 e. The minimum Gasteiger partial charge on any atom is -0.455 e. The number of ketones is 1. The van der Waals surface area contributed by atoms with Gasteiger partial charge in [-0.15, -0.1) is 0 Å². The average molecular weight is 808 g/mol. The number of alkyl carbamates (subject to hydrolysis) is 1. The monoisotopic (exact) mass is 807 g/mol. The minimum atomic E-state index is -2.35. The number of carbonyl (C=O) groups excluding carboxylic acids is 5. The molecule has 1 heterocycles. The van der Waals surface area contributed by atoms with Gasteiger partial charge in [-0.05, 0) is 57.9 Å². The first kappa shape index (κ1) is 42.9. The van der Waals surface area contributed by atoms with Gasteiger partial charge in [0.2, 0.25) is 0 Å². The van der Waals surface area contributed by atoms with Crippen LogP contribution < -0.4 is 5.32 Å². The number of carbonyl (C=O) groups is 5. The lowest BCUT2D eigenvalue weighted by Gasteiger charge is -2.67. The van der Waals surface area contributed by atoms with Crippen LogP contribution in [-0.4, -0.2) is 104 Å². The van der Waals surface area contributed by atoms with Crippen molar-refractivity contribution in [1.29, 1.82) is 0 Å². The van der Waals surface area contributed by atoms with E-state index < -0.39 is 112 Å². The number of esters is 3. The summed E-state index contributed by atoms with van der Waals surface area (Å²) < 4.78 is 29.4. The topological polar surface area (TPSA) is 224 Å². The van der Waals surface area contributed by atoms with E-state index in [1.54, 1.807) is 83.1 Å². The Morgan fingerprint density at radius 2 is 1.57 bits per heavy atom. The second-order valence-electron chi connectivity index (χ2n) is 17.7. The van der Waals surface area contributed by atoms with Crippen LogP contribution in [0.2, 0.25) is 0 Å². The van der Waals surface area contributed by atoms with E-state index >= 15 is 0 Å². The zero-order chi connectivity index (χ0) is 42.7. The summed E-state index contributed by atoms with van der Waals surface area (Å²) in [4.78, 5) is 68.9. The number of hydrogen-bond donors (Lipinski definition) is 5. The lowest BCUT2D eigenvalue weighted by molar-refractivity contribution is -0.349. The molecule has 1 amide bonds. The van der Waals surface area contributed by atoms with E-state index in [1.165, 1.54) is 26.0 Å². The first-order valence-electron chi connectivity index (χ1n) is 19.3. The molecule has 0 spiro atoms. The van der Waals surface area contributed by atoms with E-state index in [-0.39, 0.29) is 29.9 Å². The third kappa shape index (κ3) is 7.10. The maximum Gasteiger partial charge on any atom is 0.408 e. The van der Waals surface area contributed by atoms with Gasteiger partial charge in [-0.25, -0.2) is 14.4 Å². The molecule has 4 aliphatic rings. The van der Waals surface area contributed by atoms with Gasteiger partial charge >= 0.3 is 24.0 Å². The fraction of sp³-hybridized carbons (Fsp3) is 0.558. The predicted octanol–water partition coefficient (Wildman–Crippen LogP) is 3.46. The summed E-state index contributed by atoms with van der Waals surface area (Å²) >= 11 is 0. The molecule has 2 saturated carbocycles. The number of aliphatic hydroxyl groups is 4. The second kappa shape index (κ2) is 15.2. The SMILES string of the molecule is CC(=O)O[C@@]12CO[C@@H]1C[C@H](O)[C@@]1(C)C(=O)[C@H](O)C3C(C)=C(OC(=O)[C@H](O)[C@@H](NC(=O)OC(C)(C)C)c4ccccc4)C[C@@](O)([C@@H](OC(=O)c4ccccc4)[C@H]21)C3(C)C. The van der Waals surface area contributed by atoms with Crippen LogP contribution in [0.4, 0.5) is 4.79 Å². The Morgan fingerprint density at radius 1 is 0.966 bits per heavy atom. The third-order valence-electron chi connectivity index (χ3n) is 12.7. The molecule has 1 aliphatic heterocycles. The standard InChI is InChI=1S/C43H53NO14/c1-22-26(55-37(51)32(48)30(24-15-11-9-12-16-24)44-38(52)58-39(3,4)5)20-43(53)35(56-36(50)25-17-13-10-14-18-25)33-41(8,34(49)31(47)29(22)40(43,6)7)27(46)19-28-42(33,21-54-28)57-23(2)45/h9-18,27-33,35,46-48,53H,19-21H2,1-8H3,(H,44,52)/t27-,28+,29?,30-,31+,32+,33-,35-,41+,42-,43+/m0/s1. The molecule has 15 nitrogen and oxygen atoms in total. The van der Waals surface area contributed by atoms with Crippen LogP contribution in [0.3, 0.4) is 0 Å². The Bertz CT molecular complexity index is 1980. The van der Waals surface area contributed by atoms with Gasteiger partial charge < -0.3 is 49.4 Å². The summed E-state index contributed by atoms with van der Waals surface area (Å²) in [5.41, 5.74) is -8.00. The first-order valence-corrected chi connectivity index (χ1v) is 19.3. The Labute approximate surface area is 336 Å². The first-order chi connectivity index (χ1) is 27.0. The van der Waals surface area contributed by atoms with Crippen LogP contribution in [-0.2, 0) is 38.1 Å². The summed E-state index contributed by atoms with van der Waals surface area (Å²) in [7, 11) is 0. The van der Waals surface area contributed by atoms with E-state index in [0.717, 1.165) is 6.92 Å². The summed E-state index contributed by atoms with van der Waals surface area (Å²) in [6, 6.07) is 14.6. The number of Topliss-reactive ketones (excluding diaryl/α,β-unsaturated/α-hetero) is 1. The van der Waals surface area contributed by atoms with Crippen molar-refractivity contribution in [1.82, 2.24) is 5.32 Å². The molecular weight excluding hydrogens is 754 g/mol. The highest BCUT2D eigenvalue weighted by atomic mass is 16.6. The molecule has 5 N–H and O–H groups in total. The maximum atomic E-state index is 15.0. The van der Waals surface area contributed by atoms with E-state index in [4.69, 9.17) is 23.7 Å². The Morgan fingerprint density at radius 3 is 2.12 bits per heavy atom. The van der Waals surface area contributed by atoms with Crippen molar-refractivity contribution in [2.24, 2.45) is 22.7 Å². The van der Waals surface area contributed by atoms with Crippen LogP contribution in [0.1, 0.15) is 90.2 Å². The largest absolute Gasteiger partial charge is 0.455 e. The van der Waals surface area contributed by atoms with E-state index in [9.17, 15) is 44.4 Å². The molecule has 58 heavy (non-hydrogen) atoms. The number of ether oxygens (including phenoxy) is 5. The third-order valence-corrected chi connectivity index (χ3v) is 12.7. The number of nitrogens with one attached hydrogen (secondary N) is 1. The quantitative estimate of drug-likeness (QED) is 0.190. The number of rotatable bonds is 8. The van der Waals surface area contributed by atoms with Crippen molar-refractivity contribution in [3.8, 4) is 0 Å². The molecule has 0 aromatic heterocycles. The summed E-state index contributed by atoms with van der Waals surface area (Å²) in [6.07, 6.45) is -10.0. The summed E-state index contributed by atoms with van der Waals surface area (Å²) in [5.74, 6) is -6.95. The molecule has 1 saturated heterocycles. The van der Waals surface area contributed by atoms with Gasteiger partial charge in [0.1, 0.15) is 35.3 Å². The maximum absolute atomic E-state index is 15.0. The highest BCUT2D eigenvalue weighted by molar-refractivity contribution is 5.92. The van der Waals surface area contributed by atoms with Gasteiger partial charge in [0.05, 0.1) is 35.6 Å². The molecular formula is C43H53NO14. The van der Waals surface area contributed by atoms with Gasteiger partial charge in [-0.1, -0.05) is 62.4 Å². The van der Waals surface area contributed by atoms with Crippen molar-refractivity contribution in [2.45, 2.75) is 122 Å². The van der Waals surface area contributed by atoms with E-state index in [2.05, 4.69) is 5.32 Å². The van der Waals surface area contributed by atoms with Crippen molar-refractivity contribution in [3.05, 3.63) is 83.1 Å². The summed E-state index contributed by atoms with van der Waals surface area (Å²) in [6.45, 7) is 11.8. The highest BCUT2D eigenvalue weighted by Crippen LogP contribution is 2.65. The minimum absolute atomic E-state index is 0.0802. The molecule has 6 rings (SSSR count). The molecule has 1 unspecified atom stereocenters. The Kier molecular flexibility index (Phi) is 11.2. The normalized spacial score (nSPS) is 33.7. The average Bonchev–Trinajstić information content (AvgIpc) is 3.14. The molecule has 11 atom stereocenters. The molecule has 2 aromatic rings. The molecule has 3 aliphatic carbocycles. The summed E-state index contributed by atoms with van der Waals surface area (Å²) in [5, 5.41) is 51.6. The van der Waals surface area contributed by atoms with Gasteiger partial charge in [0, 0.05) is 31.1 Å². The molecule has 2 aromatic carbocycles. The number of aliphatic hydroxyl groups excluding tert-OH is 3. The van der Waals surface area contributed by atoms with Crippen LogP contribution in [0.5, 0.6) is 0 Å². The van der Waals surface area contributed by atoms with Gasteiger partial charge in [0.25, 0.3) is 0 Å². The van der Waals surface area contributed by atoms with E-state index in [1.807, 2.05) is 0 Å². The Hall–Kier alpha value is -4.67. The molecule has 2 bridgehead atoms. The van der Waals surface area contributed by atoms with Gasteiger partial charge in [-0.3, -0.25) is 9.59 Å². The van der Waals surface area contributed by atoms with E-state index in [0.29, 0.717) is 5.56 Å². The van der Waals surface area contributed by atoms with Crippen molar-refractivity contribution in [2.75, 3.05) is 6.61 Å². The highest BCUT2D eigenvalue weighted by Gasteiger charge is 2.78. The van der Waals surface area contributed by atoms with Crippen LogP contribution in [0, 0.1) is 22.7 Å². The number of amides is 1. The Balaban J connectivity index is 1.49. The van der Waals surface area contributed by atoms with Crippen LogP contribution >= 0.6 is 0 Å². The van der Waals surface area contributed by atoms with Crippen LogP contribution in [0.15, 0.2) is 72.0 Å². The zero-order valence-electron chi connectivity index (χ0n) is 33.9. The zero-order valence-corrected chi connectivity index (χ0v) is 33.9. The molecule has 314 valence electrons.